The predicted octanol–water partition coefficient (Wildman–Crippen LogP) is 3.34. The number of rotatable bonds is 4. The molecule has 2 aromatic carbocycles. The van der Waals surface area contributed by atoms with Crippen molar-refractivity contribution in [1.29, 1.82) is 0 Å². The Morgan fingerprint density at radius 3 is 2.85 bits per heavy atom. The average Bonchev–Trinajstić information content (AvgIpc) is 3.02. The Labute approximate surface area is 155 Å². The van der Waals surface area contributed by atoms with Crippen molar-refractivity contribution in [3.63, 3.8) is 0 Å². The number of hydrogen-bond acceptors (Lipinski definition) is 5. The highest BCUT2D eigenvalue weighted by Crippen LogP contribution is 2.37. The van der Waals surface area contributed by atoms with Crippen LogP contribution in [0.25, 0.3) is 10.2 Å². The van der Waals surface area contributed by atoms with E-state index in [-0.39, 0.29) is 12.3 Å². The average molecular weight is 390 g/mol. The van der Waals surface area contributed by atoms with Crippen molar-refractivity contribution in [2.75, 3.05) is 4.90 Å². The highest BCUT2D eigenvalue weighted by atomic mass is 32.1. The standard InChI is InChI=1S/C18H12F2N2O4S/c19-9-4-5-12-13(6-9)26-14(7-16(23)24)18(25)22(12)8-15-21-11-3-1-2-10(20)17(11)27-15/h1-6,14H,7-8H2,(H,23,24). The second-order valence-electron chi connectivity index (χ2n) is 5.94. The van der Waals surface area contributed by atoms with Gasteiger partial charge < -0.3 is 9.84 Å². The third-order valence-corrected chi connectivity index (χ3v) is 5.15. The number of carbonyl (C=O) groups excluding carboxylic acids is 1. The van der Waals surface area contributed by atoms with Gasteiger partial charge in [-0.1, -0.05) is 6.07 Å². The minimum absolute atomic E-state index is 0.00423. The fourth-order valence-corrected chi connectivity index (χ4v) is 3.87. The van der Waals surface area contributed by atoms with Crippen LogP contribution in [0.5, 0.6) is 5.75 Å². The molecule has 1 atom stereocenters. The van der Waals surface area contributed by atoms with Crippen LogP contribution in [0.2, 0.25) is 0 Å². The van der Waals surface area contributed by atoms with Crippen molar-refractivity contribution in [3.8, 4) is 5.75 Å². The molecule has 6 nitrogen and oxygen atoms in total. The normalized spacial score (nSPS) is 16.3. The summed E-state index contributed by atoms with van der Waals surface area (Å²) in [6, 6.07) is 8.19. The molecular weight excluding hydrogens is 378 g/mol. The molecule has 2 heterocycles. The largest absolute Gasteiger partial charge is 0.481 e. The van der Waals surface area contributed by atoms with E-state index in [0.717, 1.165) is 17.4 Å². The molecule has 0 saturated heterocycles. The zero-order valence-corrected chi connectivity index (χ0v) is 14.5. The summed E-state index contributed by atoms with van der Waals surface area (Å²) < 4.78 is 33.2. The molecule has 3 aromatic rings. The fraction of sp³-hybridized carbons (Fsp3) is 0.167. The van der Waals surface area contributed by atoms with E-state index in [2.05, 4.69) is 4.98 Å². The number of anilines is 1. The minimum atomic E-state index is -1.28. The van der Waals surface area contributed by atoms with Crippen molar-refractivity contribution in [2.24, 2.45) is 0 Å². The van der Waals surface area contributed by atoms with Crippen LogP contribution in [-0.4, -0.2) is 28.1 Å². The molecular formula is C18H12F2N2O4S. The third kappa shape index (κ3) is 3.21. The molecule has 1 unspecified atom stereocenters. The van der Waals surface area contributed by atoms with E-state index in [1.54, 1.807) is 12.1 Å². The van der Waals surface area contributed by atoms with Crippen LogP contribution in [0.4, 0.5) is 14.5 Å². The summed E-state index contributed by atoms with van der Waals surface area (Å²) in [6.45, 7) is -0.00423. The van der Waals surface area contributed by atoms with E-state index < -0.39 is 36.0 Å². The SMILES string of the molecule is O=C(O)CC1Oc2cc(F)ccc2N(Cc2nc3cccc(F)c3s2)C1=O. The topological polar surface area (TPSA) is 79.7 Å². The number of halogens is 2. The minimum Gasteiger partial charge on any atom is -0.481 e. The summed E-state index contributed by atoms with van der Waals surface area (Å²) in [5, 5.41) is 9.48. The molecule has 9 heteroatoms. The second kappa shape index (κ2) is 6.58. The number of amides is 1. The number of fused-ring (bicyclic) bond motifs is 2. The van der Waals surface area contributed by atoms with Gasteiger partial charge in [-0.05, 0) is 24.3 Å². The van der Waals surface area contributed by atoms with Crippen LogP contribution < -0.4 is 9.64 Å². The summed E-state index contributed by atoms with van der Waals surface area (Å²) in [6.07, 6.45) is -1.83. The van der Waals surface area contributed by atoms with Crippen LogP contribution in [0.1, 0.15) is 11.4 Å². The Morgan fingerprint density at radius 1 is 1.30 bits per heavy atom. The van der Waals surface area contributed by atoms with E-state index in [1.807, 2.05) is 0 Å². The first-order chi connectivity index (χ1) is 12.9. The lowest BCUT2D eigenvalue weighted by atomic mass is 10.1. The molecule has 0 spiro atoms. The molecule has 0 aliphatic carbocycles. The Balaban J connectivity index is 1.73. The van der Waals surface area contributed by atoms with Crippen LogP contribution in [-0.2, 0) is 16.1 Å². The third-order valence-electron chi connectivity index (χ3n) is 4.09. The van der Waals surface area contributed by atoms with Crippen LogP contribution in [0.3, 0.4) is 0 Å². The first kappa shape index (κ1) is 17.3. The number of hydrogen-bond donors (Lipinski definition) is 1. The van der Waals surface area contributed by atoms with Gasteiger partial charge in [-0.2, -0.15) is 0 Å². The van der Waals surface area contributed by atoms with Crippen molar-refractivity contribution in [1.82, 2.24) is 4.98 Å². The van der Waals surface area contributed by atoms with Crippen molar-refractivity contribution < 1.29 is 28.2 Å². The number of nitrogens with zero attached hydrogens (tertiary/aromatic N) is 2. The Hall–Kier alpha value is -3.07. The molecule has 1 aromatic heterocycles. The number of benzene rings is 2. The van der Waals surface area contributed by atoms with Crippen molar-refractivity contribution >= 4 is 39.1 Å². The molecule has 138 valence electrons. The molecule has 1 aliphatic heterocycles. The van der Waals surface area contributed by atoms with Gasteiger partial charge in [0.25, 0.3) is 5.91 Å². The van der Waals surface area contributed by atoms with Crippen molar-refractivity contribution in [3.05, 3.63) is 53.0 Å². The van der Waals surface area contributed by atoms with Gasteiger partial charge in [-0.3, -0.25) is 14.5 Å². The van der Waals surface area contributed by atoms with E-state index in [0.29, 0.717) is 20.9 Å². The zero-order chi connectivity index (χ0) is 19.1. The molecule has 1 aliphatic rings. The summed E-state index contributed by atoms with van der Waals surface area (Å²) in [4.78, 5) is 29.4. The molecule has 27 heavy (non-hydrogen) atoms. The predicted molar refractivity (Wildman–Crippen MR) is 93.8 cm³/mol. The Morgan fingerprint density at radius 2 is 2.11 bits per heavy atom. The second-order valence-corrected chi connectivity index (χ2v) is 7.02. The lowest BCUT2D eigenvalue weighted by molar-refractivity contribution is -0.142. The first-order valence-corrected chi connectivity index (χ1v) is 8.77. The highest BCUT2D eigenvalue weighted by molar-refractivity contribution is 7.18. The number of carboxylic acids is 1. The summed E-state index contributed by atoms with van der Waals surface area (Å²) in [5.41, 5.74) is 0.778. The molecule has 0 fully saturated rings. The maximum atomic E-state index is 13.9. The lowest BCUT2D eigenvalue weighted by Gasteiger charge is -2.33. The molecule has 1 amide bonds. The highest BCUT2D eigenvalue weighted by Gasteiger charge is 2.36. The molecule has 0 radical (unpaired) electrons. The van der Waals surface area contributed by atoms with Gasteiger partial charge in [0.15, 0.2) is 6.10 Å². The van der Waals surface area contributed by atoms with Gasteiger partial charge in [0, 0.05) is 6.07 Å². The molecule has 0 bridgehead atoms. The van der Waals surface area contributed by atoms with Gasteiger partial charge in [0.2, 0.25) is 0 Å². The molecule has 0 saturated carbocycles. The number of carboxylic acid groups (broad SMARTS) is 1. The maximum absolute atomic E-state index is 13.9. The Bertz CT molecular complexity index is 1070. The smallest absolute Gasteiger partial charge is 0.307 e. The number of aromatic nitrogens is 1. The van der Waals surface area contributed by atoms with Gasteiger partial charge in [0.05, 0.1) is 28.9 Å². The summed E-state index contributed by atoms with van der Waals surface area (Å²) in [5.74, 6) is -2.69. The monoisotopic (exact) mass is 390 g/mol. The van der Waals surface area contributed by atoms with E-state index in [1.165, 1.54) is 23.1 Å². The van der Waals surface area contributed by atoms with Gasteiger partial charge in [-0.25, -0.2) is 13.8 Å². The summed E-state index contributed by atoms with van der Waals surface area (Å²) in [7, 11) is 0. The fourth-order valence-electron chi connectivity index (χ4n) is 2.92. The zero-order valence-electron chi connectivity index (χ0n) is 13.7. The number of ether oxygens (including phenoxy) is 1. The number of carbonyl (C=O) groups is 2. The van der Waals surface area contributed by atoms with Gasteiger partial charge in [0.1, 0.15) is 22.4 Å². The number of aliphatic carboxylic acids is 1. The van der Waals surface area contributed by atoms with Crippen LogP contribution >= 0.6 is 11.3 Å². The molecule has 4 rings (SSSR count). The first-order valence-electron chi connectivity index (χ1n) is 7.95. The maximum Gasteiger partial charge on any atom is 0.307 e. The van der Waals surface area contributed by atoms with Gasteiger partial charge in [-0.15, -0.1) is 11.3 Å². The van der Waals surface area contributed by atoms with E-state index >= 15 is 0 Å². The number of thiazole rings is 1. The van der Waals surface area contributed by atoms with E-state index in [9.17, 15) is 18.4 Å². The quantitative estimate of drug-likeness (QED) is 0.739. The van der Waals surface area contributed by atoms with E-state index in [4.69, 9.17) is 9.84 Å². The Kier molecular flexibility index (Phi) is 4.23. The van der Waals surface area contributed by atoms with Crippen LogP contribution in [0, 0.1) is 11.6 Å². The van der Waals surface area contributed by atoms with Crippen molar-refractivity contribution in [2.45, 2.75) is 19.1 Å². The lowest BCUT2D eigenvalue weighted by Crippen LogP contribution is -2.46. The van der Waals surface area contributed by atoms with Gasteiger partial charge >= 0.3 is 5.97 Å². The molecule has 1 N–H and O–H groups in total. The summed E-state index contributed by atoms with van der Waals surface area (Å²) >= 11 is 1.10. The van der Waals surface area contributed by atoms with Crippen LogP contribution in [0.15, 0.2) is 36.4 Å².